The fourth-order valence-electron chi connectivity index (χ4n) is 1.50. The highest BCUT2D eigenvalue weighted by Gasteiger charge is 2.46. The average Bonchev–Trinajstić information content (AvgIpc) is 2.41. The first-order valence-corrected chi connectivity index (χ1v) is 4.19. The van der Waals surface area contributed by atoms with Gasteiger partial charge in [0, 0.05) is 14.2 Å². The Morgan fingerprint density at radius 3 is 2.23 bits per heavy atom. The van der Waals surface area contributed by atoms with Crippen LogP contribution < -0.4 is 0 Å². The zero-order valence-corrected chi connectivity index (χ0v) is 8.01. The molecule has 1 aliphatic rings. The van der Waals surface area contributed by atoms with Crippen LogP contribution in [0.25, 0.3) is 0 Å². The second kappa shape index (κ2) is 4.34. The molecule has 1 rings (SSSR count). The summed E-state index contributed by atoms with van der Waals surface area (Å²) in [4.78, 5) is 0. The van der Waals surface area contributed by atoms with E-state index in [9.17, 15) is 10.2 Å². The summed E-state index contributed by atoms with van der Waals surface area (Å²) in [6, 6.07) is 0. The number of ether oxygens (including phenoxy) is 3. The number of aliphatic hydroxyl groups is 2. The molecule has 78 valence electrons. The smallest absolute Gasteiger partial charge is 0.186 e. The third-order valence-corrected chi connectivity index (χ3v) is 2.21. The van der Waals surface area contributed by atoms with E-state index in [-0.39, 0.29) is 0 Å². The number of methoxy groups -OCH3 is 2. The van der Waals surface area contributed by atoms with Gasteiger partial charge in [-0.2, -0.15) is 0 Å². The first kappa shape index (κ1) is 10.9. The molecule has 5 heteroatoms. The molecule has 1 aliphatic heterocycles. The molecule has 0 amide bonds. The van der Waals surface area contributed by atoms with Gasteiger partial charge in [0.25, 0.3) is 0 Å². The van der Waals surface area contributed by atoms with Crippen molar-refractivity contribution in [2.75, 3.05) is 14.2 Å². The Balaban J connectivity index is 2.65. The van der Waals surface area contributed by atoms with Crippen LogP contribution in [0.3, 0.4) is 0 Å². The molecule has 13 heavy (non-hydrogen) atoms. The Labute approximate surface area is 77.2 Å². The summed E-state index contributed by atoms with van der Waals surface area (Å²) in [6.07, 6.45) is -3.39. The van der Waals surface area contributed by atoms with Gasteiger partial charge in [-0.1, -0.05) is 0 Å². The van der Waals surface area contributed by atoms with Crippen molar-refractivity contribution in [2.24, 2.45) is 0 Å². The zero-order valence-electron chi connectivity index (χ0n) is 8.01. The highest BCUT2D eigenvalue weighted by molar-refractivity contribution is 4.90. The molecule has 0 aromatic rings. The molecule has 0 radical (unpaired) electrons. The fourth-order valence-corrected chi connectivity index (χ4v) is 1.50. The van der Waals surface area contributed by atoms with E-state index in [1.807, 2.05) is 0 Å². The van der Waals surface area contributed by atoms with Crippen LogP contribution in [0.15, 0.2) is 0 Å². The summed E-state index contributed by atoms with van der Waals surface area (Å²) in [6.45, 7) is 1.55. The minimum absolute atomic E-state index is 0.537. The molecule has 1 saturated heterocycles. The van der Waals surface area contributed by atoms with E-state index >= 15 is 0 Å². The normalized spacial score (nSPS) is 42.2. The summed E-state index contributed by atoms with van der Waals surface area (Å²) in [5.74, 6) is 0. The molecule has 1 fully saturated rings. The van der Waals surface area contributed by atoms with E-state index in [4.69, 9.17) is 14.2 Å². The van der Waals surface area contributed by atoms with Crippen LogP contribution in [-0.2, 0) is 14.2 Å². The summed E-state index contributed by atoms with van der Waals surface area (Å²) in [5.41, 5.74) is 0. The number of hydrogen-bond acceptors (Lipinski definition) is 5. The van der Waals surface area contributed by atoms with Crippen molar-refractivity contribution in [1.82, 2.24) is 0 Å². The maximum atomic E-state index is 9.63. The maximum absolute atomic E-state index is 9.63. The summed E-state index contributed by atoms with van der Waals surface area (Å²) in [5, 5.41) is 18.9. The van der Waals surface area contributed by atoms with Crippen LogP contribution in [0, 0.1) is 0 Å². The lowest BCUT2D eigenvalue weighted by molar-refractivity contribution is -0.166. The van der Waals surface area contributed by atoms with E-state index in [1.54, 1.807) is 6.92 Å². The minimum Gasteiger partial charge on any atom is -0.391 e. The molecule has 0 bridgehead atoms. The molecule has 5 nitrogen and oxygen atoms in total. The van der Waals surface area contributed by atoms with Gasteiger partial charge in [-0.25, -0.2) is 0 Å². The SMILES string of the molecule is COC1O[C@@H]([C@@H](C)O)[C@H](O)[C@H]1OC. The molecule has 1 unspecified atom stereocenters. The van der Waals surface area contributed by atoms with Crippen molar-refractivity contribution in [2.45, 2.75) is 37.6 Å². The van der Waals surface area contributed by atoms with Gasteiger partial charge < -0.3 is 24.4 Å². The van der Waals surface area contributed by atoms with Crippen LogP contribution in [-0.4, -0.2) is 55.1 Å². The van der Waals surface area contributed by atoms with Gasteiger partial charge in [0.05, 0.1) is 6.10 Å². The van der Waals surface area contributed by atoms with Crippen molar-refractivity contribution in [1.29, 1.82) is 0 Å². The van der Waals surface area contributed by atoms with E-state index in [0.29, 0.717) is 0 Å². The highest BCUT2D eigenvalue weighted by atomic mass is 16.7. The molecule has 0 saturated carbocycles. The Bertz CT molecular complexity index is 159. The van der Waals surface area contributed by atoms with Crippen molar-refractivity contribution >= 4 is 0 Å². The van der Waals surface area contributed by atoms with Gasteiger partial charge in [-0.05, 0) is 6.92 Å². The van der Waals surface area contributed by atoms with Gasteiger partial charge in [-0.15, -0.1) is 0 Å². The fraction of sp³-hybridized carbons (Fsp3) is 1.00. The molecular formula is C8H16O5. The molecule has 1 heterocycles. The van der Waals surface area contributed by atoms with E-state index < -0.39 is 30.7 Å². The van der Waals surface area contributed by atoms with E-state index in [1.165, 1.54) is 14.2 Å². The van der Waals surface area contributed by atoms with Gasteiger partial charge in [-0.3, -0.25) is 0 Å². The zero-order chi connectivity index (χ0) is 10.0. The third kappa shape index (κ3) is 2.00. The third-order valence-electron chi connectivity index (χ3n) is 2.21. The average molecular weight is 192 g/mol. The largest absolute Gasteiger partial charge is 0.391 e. The topological polar surface area (TPSA) is 68.2 Å². The Morgan fingerprint density at radius 1 is 1.31 bits per heavy atom. The summed E-state index contributed by atoms with van der Waals surface area (Å²) < 4.78 is 15.2. The van der Waals surface area contributed by atoms with Crippen molar-refractivity contribution in [3.63, 3.8) is 0 Å². The lowest BCUT2D eigenvalue weighted by Crippen LogP contribution is -2.38. The molecule has 0 aromatic heterocycles. The van der Waals surface area contributed by atoms with Crippen LogP contribution in [0.5, 0.6) is 0 Å². The van der Waals surface area contributed by atoms with Gasteiger partial charge in [0.1, 0.15) is 18.3 Å². The molecule has 0 aromatic carbocycles. The summed E-state index contributed by atoms with van der Waals surface area (Å²) in [7, 11) is 2.93. The molecule has 2 N–H and O–H groups in total. The molecule has 5 atom stereocenters. The van der Waals surface area contributed by atoms with Crippen molar-refractivity contribution < 1.29 is 24.4 Å². The maximum Gasteiger partial charge on any atom is 0.186 e. The quantitative estimate of drug-likeness (QED) is 0.607. The van der Waals surface area contributed by atoms with Crippen molar-refractivity contribution in [3.8, 4) is 0 Å². The number of aliphatic hydroxyl groups excluding tert-OH is 2. The van der Waals surface area contributed by atoms with Gasteiger partial charge in [0.2, 0.25) is 0 Å². The first-order valence-electron chi connectivity index (χ1n) is 4.19. The monoisotopic (exact) mass is 192 g/mol. The molecule has 0 aliphatic carbocycles. The Kier molecular flexibility index (Phi) is 3.63. The van der Waals surface area contributed by atoms with Crippen LogP contribution in [0.2, 0.25) is 0 Å². The summed E-state index contributed by atoms with van der Waals surface area (Å²) >= 11 is 0. The number of rotatable bonds is 3. The Hall–Kier alpha value is -0.200. The van der Waals surface area contributed by atoms with Crippen LogP contribution in [0.1, 0.15) is 6.92 Å². The number of hydrogen-bond donors (Lipinski definition) is 2. The second-order valence-electron chi connectivity index (χ2n) is 3.14. The van der Waals surface area contributed by atoms with Crippen molar-refractivity contribution in [3.05, 3.63) is 0 Å². The minimum atomic E-state index is -0.852. The van der Waals surface area contributed by atoms with E-state index in [2.05, 4.69) is 0 Å². The lowest BCUT2D eigenvalue weighted by atomic mass is 10.1. The van der Waals surface area contributed by atoms with Crippen LogP contribution in [0.4, 0.5) is 0 Å². The molecule has 0 spiro atoms. The lowest BCUT2D eigenvalue weighted by Gasteiger charge is -2.17. The molecular weight excluding hydrogens is 176 g/mol. The van der Waals surface area contributed by atoms with Gasteiger partial charge in [0.15, 0.2) is 6.29 Å². The van der Waals surface area contributed by atoms with E-state index in [0.717, 1.165) is 0 Å². The second-order valence-corrected chi connectivity index (χ2v) is 3.14. The van der Waals surface area contributed by atoms with Gasteiger partial charge >= 0.3 is 0 Å². The predicted molar refractivity (Wildman–Crippen MR) is 44.2 cm³/mol. The van der Waals surface area contributed by atoms with Crippen LogP contribution >= 0.6 is 0 Å². The Morgan fingerprint density at radius 2 is 1.92 bits per heavy atom. The highest BCUT2D eigenvalue weighted by Crippen LogP contribution is 2.25. The predicted octanol–water partition coefficient (Wildman–Crippen LogP) is -0.886. The first-order chi connectivity index (χ1) is 6.11. The standard InChI is InChI=1S/C8H16O5/c1-4(9)6-5(10)7(11-2)8(12-3)13-6/h4-10H,1-3H3/t4-,5+,6+,7-,8?/m1/s1.